The van der Waals surface area contributed by atoms with Crippen LogP contribution in [0.25, 0.3) is 0 Å². The van der Waals surface area contributed by atoms with E-state index in [4.69, 9.17) is 0 Å². The summed E-state index contributed by atoms with van der Waals surface area (Å²) in [6.07, 6.45) is 0. The molecule has 19 heteroatoms. The van der Waals surface area contributed by atoms with Crippen LogP contribution in [0.15, 0.2) is 0 Å². The summed E-state index contributed by atoms with van der Waals surface area (Å²) in [5, 5.41) is -10.3. The van der Waals surface area contributed by atoms with Crippen molar-refractivity contribution in [2.75, 3.05) is 39.3 Å². The summed E-state index contributed by atoms with van der Waals surface area (Å²) in [7, 11) is 0. The van der Waals surface area contributed by atoms with E-state index < -0.39 is 85.5 Å². The van der Waals surface area contributed by atoms with Crippen molar-refractivity contribution in [1.82, 2.24) is 15.1 Å². The molecule has 1 aliphatic rings. The van der Waals surface area contributed by atoms with Gasteiger partial charge in [-0.15, -0.1) is 0 Å². The highest BCUT2D eigenvalue weighted by Crippen LogP contribution is 2.49. The predicted molar refractivity (Wildman–Crippen MR) is 87.4 cm³/mol. The quantitative estimate of drug-likeness (QED) is 0.351. The lowest BCUT2D eigenvalue weighted by Crippen LogP contribution is -2.62. The first-order valence-electron chi connectivity index (χ1n) is 8.46. The summed E-state index contributed by atoms with van der Waals surface area (Å²) in [6, 6.07) is 0. The number of hydrogen-bond acceptors (Lipinski definition) is 3. The van der Waals surface area contributed by atoms with E-state index in [-0.39, 0.29) is 4.90 Å². The number of nitrogens with zero attached hydrogens (tertiary/aromatic N) is 2. The minimum absolute atomic E-state index is 0.100. The van der Waals surface area contributed by atoms with Gasteiger partial charge in [-0.2, -0.15) is 52.7 Å². The Morgan fingerprint density at radius 2 is 1.09 bits per heavy atom. The standard InChI is InChI=1S/C14H13Cl2F12N3O2/c15-13(25,26)11(21,22)9(17,18)7(32)29-1-2-30-3-5-31(6-4-30)8(33)10(19,20)12(23,24)14(16,27)28/h1-6H2,(H,29,32). The Kier molecular flexibility index (Phi) is 8.41. The zero-order valence-electron chi connectivity index (χ0n) is 15.7. The number of piperazine rings is 1. The number of hydrogen-bond donors (Lipinski definition) is 1. The third-order valence-corrected chi connectivity index (χ3v) is 4.90. The molecule has 0 aliphatic carbocycles. The van der Waals surface area contributed by atoms with Gasteiger partial charge in [0.15, 0.2) is 0 Å². The number of rotatable bonds is 9. The first-order valence-corrected chi connectivity index (χ1v) is 9.22. The van der Waals surface area contributed by atoms with Gasteiger partial charge in [-0.25, -0.2) is 0 Å². The van der Waals surface area contributed by atoms with Crippen LogP contribution in [0.4, 0.5) is 52.7 Å². The molecular weight excluding hydrogens is 541 g/mol. The summed E-state index contributed by atoms with van der Waals surface area (Å²) >= 11 is 7.86. The third-order valence-electron chi connectivity index (χ3n) is 4.43. The minimum Gasteiger partial charge on any atom is -0.349 e. The fourth-order valence-corrected chi connectivity index (χ4v) is 2.68. The van der Waals surface area contributed by atoms with E-state index >= 15 is 0 Å². The van der Waals surface area contributed by atoms with Gasteiger partial charge in [0, 0.05) is 39.3 Å². The average molecular weight is 554 g/mol. The van der Waals surface area contributed by atoms with E-state index in [1.165, 1.54) is 5.32 Å². The van der Waals surface area contributed by atoms with Crippen LogP contribution >= 0.6 is 23.2 Å². The molecule has 0 saturated carbocycles. The van der Waals surface area contributed by atoms with Crippen molar-refractivity contribution in [3.05, 3.63) is 0 Å². The molecule has 0 aromatic rings. The van der Waals surface area contributed by atoms with Crippen LogP contribution in [0.1, 0.15) is 0 Å². The molecule has 5 nitrogen and oxygen atoms in total. The largest absolute Gasteiger partial charge is 0.395 e. The molecule has 1 saturated heterocycles. The number of alkyl halides is 14. The summed E-state index contributed by atoms with van der Waals surface area (Å²) < 4.78 is 156. The monoisotopic (exact) mass is 553 g/mol. The molecule has 0 atom stereocenters. The molecule has 33 heavy (non-hydrogen) atoms. The molecule has 0 aromatic heterocycles. The fourth-order valence-electron chi connectivity index (χ4n) is 2.44. The van der Waals surface area contributed by atoms with E-state index in [0.29, 0.717) is 0 Å². The highest BCUT2D eigenvalue weighted by Gasteiger charge is 2.76. The van der Waals surface area contributed by atoms with Crippen molar-refractivity contribution in [3.63, 3.8) is 0 Å². The van der Waals surface area contributed by atoms with Gasteiger partial charge >= 0.3 is 34.5 Å². The highest BCUT2D eigenvalue weighted by atomic mass is 35.5. The second kappa shape index (κ2) is 9.36. The van der Waals surface area contributed by atoms with Crippen molar-refractivity contribution < 1.29 is 62.3 Å². The van der Waals surface area contributed by atoms with Gasteiger partial charge in [-0.3, -0.25) is 14.5 Å². The Balaban J connectivity index is 2.64. The van der Waals surface area contributed by atoms with Gasteiger partial charge in [0.25, 0.3) is 11.8 Å². The Hall–Kier alpha value is -1.36. The normalized spacial score (nSPS) is 17.8. The van der Waals surface area contributed by atoms with E-state index in [1.807, 2.05) is 0 Å². The van der Waals surface area contributed by atoms with E-state index in [1.54, 1.807) is 0 Å². The van der Waals surface area contributed by atoms with E-state index in [0.717, 1.165) is 4.90 Å². The van der Waals surface area contributed by atoms with Crippen LogP contribution in [0.5, 0.6) is 0 Å². The van der Waals surface area contributed by atoms with Gasteiger partial charge in [0.2, 0.25) is 0 Å². The number of carbonyl (C=O) groups excluding carboxylic acids is 2. The molecule has 1 fully saturated rings. The number of carbonyl (C=O) groups is 2. The van der Waals surface area contributed by atoms with Crippen LogP contribution in [0.2, 0.25) is 0 Å². The maximum atomic E-state index is 13.6. The highest BCUT2D eigenvalue weighted by molar-refractivity contribution is 6.23. The molecule has 0 spiro atoms. The van der Waals surface area contributed by atoms with Gasteiger partial charge in [-0.05, 0) is 23.2 Å². The Morgan fingerprint density at radius 3 is 1.48 bits per heavy atom. The molecule has 194 valence electrons. The van der Waals surface area contributed by atoms with E-state index in [2.05, 4.69) is 23.2 Å². The Labute approximate surface area is 186 Å². The van der Waals surface area contributed by atoms with Gasteiger partial charge < -0.3 is 10.2 Å². The topological polar surface area (TPSA) is 52.7 Å². The number of halogens is 14. The maximum Gasteiger partial charge on any atom is 0.395 e. The van der Waals surface area contributed by atoms with Crippen molar-refractivity contribution in [2.24, 2.45) is 0 Å². The average Bonchev–Trinajstić information content (AvgIpc) is 2.65. The van der Waals surface area contributed by atoms with Crippen LogP contribution in [-0.4, -0.2) is 95.3 Å². The summed E-state index contributed by atoms with van der Waals surface area (Å²) in [6.45, 7) is -3.63. The van der Waals surface area contributed by atoms with Crippen LogP contribution < -0.4 is 5.32 Å². The predicted octanol–water partition coefficient (Wildman–Crippen LogP) is 3.45. The summed E-state index contributed by atoms with van der Waals surface area (Å²) in [4.78, 5) is 24.0. The lowest BCUT2D eigenvalue weighted by molar-refractivity contribution is -0.273. The molecule has 1 rings (SSSR count). The molecular formula is C14H13Cl2F12N3O2. The molecule has 1 aliphatic heterocycles. The van der Waals surface area contributed by atoms with Crippen molar-refractivity contribution in [2.45, 2.75) is 34.5 Å². The summed E-state index contributed by atoms with van der Waals surface area (Å²) in [5.74, 6) is -29.7. The number of nitrogens with one attached hydrogen (secondary N) is 1. The number of amides is 2. The first-order chi connectivity index (χ1) is 14.5. The first kappa shape index (κ1) is 29.7. The SMILES string of the molecule is O=C(NCCN1CCN(C(=O)C(F)(F)C(F)(F)C(F)(F)Cl)CC1)C(F)(F)C(F)(F)C(F)(F)Cl. The lowest BCUT2D eigenvalue weighted by Gasteiger charge is -2.38. The third kappa shape index (κ3) is 5.66. The molecule has 0 bridgehead atoms. The maximum absolute atomic E-state index is 13.6. The molecule has 0 unspecified atom stereocenters. The van der Waals surface area contributed by atoms with Crippen molar-refractivity contribution in [3.8, 4) is 0 Å². The Bertz CT molecular complexity index is 731. The smallest absolute Gasteiger partial charge is 0.349 e. The lowest BCUT2D eigenvalue weighted by atomic mass is 10.1. The van der Waals surface area contributed by atoms with Gasteiger partial charge in [0.05, 0.1) is 0 Å². The van der Waals surface area contributed by atoms with Crippen LogP contribution in [-0.2, 0) is 9.59 Å². The zero-order chi connectivity index (χ0) is 26.3. The molecule has 1 heterocycles. The van der Waals surface area contributed by atoms with Crippen molar-refractivity contribution in [1.29, 1.82) is 0 Å². The van der Waals surface area contributed by atoms with Crippen LogP contribution in [0, 0.1) is 0 Å². The second-order valence-electron chi connectivity index (χ2n) is 6.68. The fraction of sp³-hybridized carbons (Fsp3) is 0.857. The molecule has 2 amide bonds. The van der Waals surface area contributed by atoms with Crippen molar-refractivity contribution >= 4 is 35.0 Å². The van der Waals surface area contributed by atoms with Gasteiger partial charge in [-0.1, -0.05) is 0 Å². The second-order valence-corrected chi connectivity index (χ2v) is 7.63. The summed E-state index contributed by atoms with van der Waals surface area (Å²) in [5.41, 5.74) is 0. The zero-order valence-corrected chi connectivity index (χ0v) is 17.3. The molecule has 1 N–H and O–H groups in total. The van der Waals surface area contributed by atoms with Crippen LogP contribution in [0.3, 0.4) is 0 Å². The molecule has 0 radical (unpaired) electrons. The molecule has 0 aromatic carbocycles. The van der Waals surface area contributed by atoms with E-state index in [9.17, 15) is 62.3 Å². The minimum atomic E-state index is -6.25. The Morgan fingerprint density at radius 1 is 0.697 bits per heavy atom. The van der Waals surface area contributed by atoms with Gasteiger partial charge in [0.1, 0.15) is 0 Å².